The van der Waals surface area contributed by atoms with E-state index in [9.17, 15) is 0 Å². The van der Waals surface area contributed by atoms with E-state index in [4.69, 9.17) is 17.3 Å². The molecule has 1 atom stereocenters. The monoisotopic (exact) mass is 231 g/mol. The summed E-state index contributed by atoms with van der Waals surface area (Å²) in [6.45, 7) is 1.99. The Labute approximate surface area is 101 Å². The number of nitrogens with two attached hydrogens (primary N) is 1. The molecule has 0 aliphatic heterocycles. The number of benzene rings is 2. The zero-order valence-corrected chi connectivity index (χ0v) is 9.91. The van der Waals surface area contributed by atoms with Gasteiger partial charge in [0.2, 0.25) is 0 Å². The lowest BCUT2D eigenvalue weighted by Crippen LogP contribution is -2.04. The van der Waals surface area contributed by atoms with E-state index in [0.29, 0.717) is 0 Å². The fourth-order valence-corrected chi connectivity index (χ4v) is 1.77. The Morgan fingerprint density at radius 2 is 1.69 bits per heavy atom. The second-order valence-corrected chi connectivity index (χ2v) is 4.36. The second-order valence-electron chi connectivity index (χ2n) is 3.92. The number of halogens is 1. The summed E-state index contributed by atoms with van der Waals surface area (Å²) in [6, 6.07) is 16.2. The van der Waals surface area contributed by atoms with Gasteiger partial charge in [0, 0.05) is 11.1 Å². The molecule has 0 radical (unpaired) electrons. The predicted molar refractivity (Wildman–Crippen MR) is 69.5 cm³/mol. The molecule has 0 fully saturated rings. The molecular weight excluding hydrogens is 218 g/mol. The average molecular weight is 232 g/mol. The van der Waals surface area contributed by atoms with Crippen molar-refractivity contribution in [3.05, 3.63) is 59.1 Å². The van der Waals surface area contributed by atoms with Crippen molar-refractivity contribution >= 4 is 11.6 Å². The topological polar surface area (TPSA) is 26.0 Å². The molecule has 0 aliphatic carbocycles. The summed E-state index contributed by atoms with van der Waals surface area (Å²) in [7, 11) is 0. The summed E-state index contributed by atoms with van der Waals surface area (Å²) in [5.41, 5.74) is 9.34. The molecule has 2 N–H and O–H groups in total. The van der Waals surface area contributed by atoms with Gasteiger partial charge in [0.25, 0.3) is 0 Å². The number of hydrogen-bond acceptors (Lipinski definition) is 1. The van der Waals surface area contributed by atoms with E-state index in [0.717, 1.165) is 16.1 Å². The molecule has 2 aromatic rings. The highest BCUT2D eigenvalue weighted by Crippen LogP contribution is 2.23. The molecule has 0 bridgehead atoms. The number of hydrogen-bond donors (Lipinski definition) is 1. The van der Waals surface area contributed by atoms with Crippen molar-refractivity contribution in [2.24, 2.45) is 5.73 Å². The highest BCUT2D eigenvalue weighted by Gasteiger charge is 2.02. The summed E-state index contributed by atoms with van der Waals surface area (Å²) in [6.07, 6.45) is 0. The highest BCUT2D eigenvalue weighted by atomic mass is 35.5. The maximum absolute atomic E-state index is 5.86. The van der Waals surface area contributed by atoms with Crippen molar-refractivity contribution in [3.63, 3.8) is 0 Å². The second kappa shape index (κ2) is 4.69. The minimum absolute atomic E-state index is 0.0623. The van der Waals surface area contributed by atoms with Crippen molar-refractivity contribution in [2.75, 3.05) is 0 Å². The molecule has 16 heavy (non-hydrogen) atoms. The highest BCUT2D eigenvalue weighted by molar-refractivity contribution is 6.30. The third kappa shape index (κ3) is 2.43. The standard InChI is InChI=1S/C14H14ClN/c1-10(16)12-3-2-4-13(9-12)11-5-7-14(15)8-6-11/h2-10H,16H2,1H3. The molecule has 1 unspecified atom stereocenters. The van der Waals surface area contributed by atoms with Crippen LogP contribution >= 0.6 is 11.6 Å². The van der Waals surface area contributed by atoms with Crippen LogP contribution < -0.4 is 5.73 Å². The van der Waals surface area contributed by atoms with Gasteiger partial charge in [-0.1, -0.05) is 41.9 Å². The van der Waals surface area contributed by atoms with Gasteiger partial charge in [-0.3, -0.25) is 0 Å². The largest absolute Gasteiger partial charge is 0.324 e. The molecule has 0 heterocycles. The van der Waals surface area contributed by atoms with Gasteiger partial charge in [0.05, 0.1) is 0 Å². The van der Waals surface area contributed by atoms with E-state index in [1.165, 1.54) is 5.56 Å². The van der Waals surface area contributed by atoms with E-state index in [1.807, 2.05) is 43.3 Å². The Balaban J connectivity index is 2.40. The Morgan fingerprint density at radius 3 is 2.31 bits per heavy atom. The van der Waals surface area contributed by atoms with Gasteiger partial charge in [0.15, 0.2) is 0 Å². The summed E-state index contributed by atoms with van der Waals surface area (Å²) >= 11 is 5.86. The third-order valence-electron chi connectivity index (χ3n) is 2.59. The fourth-order valence-electron chi connectivity index (χ4n) is 1.64. The Bertz CT molecular complexity index is 474. The normalized spacial score (nSPS) is 12.4. The van der Waals surface area contributed by atoms with Crippen molar-refractivity contribution in [1.82, 2.24) is 0 Å². The minimum Gasteiger partial charge on any atom is -0.324 e. The molecule has 2 rings (SSSR count). The van der Waals surface area contributed by atoms with Crippen LogP contribution in [0.25, 0.3) is 11.1 Å². The summed E-state index contributed by atoms with van der Waals surface area (Å²) in [4.78, 5) is 0. The zero-order chi connectivity index (χ0) is 11.5. The molecular formula is C14H14ClN. The van der Waals surface area contributed by atoms with Gasteiger partial charge >= 0.3 is 0 Å². The van der Waals surface area contributed by atoms with Gasteiger partial charge in [0.1, 0.15) is 0 Å². The van der Waals surface area contributed by atoms with E-state index < -0.39 is 0 Å². The molecule has 0 saturated heterocycles. The van der Waals surface area contributed by atoms with Crippen LogP contribution in [0.15, 0.2) is 48.5 Å². The van der Waals surface area contributed by atoms with Crippen molar-refractivity contribution in [1.29, 1.82) is 0 Å². The lowest BCUT2D eigenvalue weighted by atomic mass is 10.0. The van der Waals surface area contributed by atoms with Crippen LogP contribution in [0.5, 0.6) is 0 Å². The minimum atomic E-state index is 0.0623. The zero-order valence-electron chi connectivity index (χ0n) is 9.15. The molecule has 0 spiro atoms. The number of rotatable bonds is 2. The average Bonchev–Trinajstić information content (AvgIpc) is 2.30. The first-order valence-electron chi connectivity index (χ1n) is 5.28. The Kier molecular flexibility index (Phi) is 3.28. The lowest BCUT2D eigenvalue weighted by molar-refractivity contribution is 0.819. The summed E-state index contributed by atoms with van der Waals surface area (Å²) in [5, 5.41) is 0.757. The summed E-state index contributed by atoms with van der Waals surface area (Å²) < 4.78 is 0. The molecule has 1 nitrogen and oxygen atoms in total. The fraction of sp³-hybridized carbons (Fsp3) is 0.143. The van der Waals surface area contributed by atoms with Crippen LogP contribution in [0.3, 0.4) is 0 Å². The molecule has 82 valence electrons. The summed E-state index contributed by atoms with van der Waals surface area (Å²) in [5.74, 6) is 0. The first kappa shape index (κ1) is 11.2. The molecule has 0 amide bonds. The first-order chi connectivity index (χ1) is 7.66. The molecule has 2 heteroatoms. The SMILES string of the molecule is CC(N)c1cccc(-c2ccc(Cl)cc2)c1. The molecule has 0 aliphatic rings. The smallest absolute Gasteiger partial charge is 0.0406 e. The van der Waals surface area contributed by atoms with E-state index in [-0.39, 0.29) is 6.04 Å². The van der Waals surface area contributed by atoms with Crippen molar-refractivity contribution < 1.29 is 0 Å². The van der Waals surface area contributed by atoms with Crippen LogP contribution in [0, 0.1) is 0 Å². The Morgan fingerprint density at radius 1 is 1.00 bits per heavy atom. The van der Waals surface area contributed by atoms with E-state index >= 15 is 0 Å². The Hall–Kier alpha value is -1.31. The van der Waals surface area contributed by atoms with Crippen LogP contribution in [0.4, 0.5) is 0 Å². The third-order valence-corrected chi connectivity index (χ3v) is 2.84. The van der Waals surface area contributed by atoms with Crippen LogP contribution in [0.1, 0.15) is 18.5 Å². The quantitative estimate of drug-likeness (QED) is 0.830. The van der Waals surface area contributed by atoms with Crippen LogP contribution in [-0.2, 0) is 0 Å². The van der Waals surface area contributed by atoms with Gasteiger partial charge < -0.3 is 5.73 Å². The van der Waals surface area contributed by atoms with Crippen molar-refractivity contribution in [2.45, 2.75) is 13.0 Å². The van der Waals surface area contributed by atoms with Gasteiger partial charge in [-0.25, -0.2) is 0 Å². The van der Waals surface area contributed by atoms with Gasteiger partial charge in [-0.15, -0.1) is 0 Å². The van der Waals surface area contributed by atoms with Crippen LogP contribution in [-0.4, -0.2) is 0 Å². The predicted octanol–water partition coefficient (Wildman–Crippen LogP) is 4.03. The lowest BCUT2D eigenvalue weighted by Gasteiger charge is -2.08. The maximum Gasteiger partial charge on any atom is 0.0406 e. The molecule has 2 aromatic carbocycles. The first-order valence-corrected chi connectivity index (χ1v) is 5.66. The van der Waals surface area contributed by atoms with Crippen LogP contribution in [0.2, 0.25) is 5.02 Å². The molecule has 0 aromatic heterocycles. The van der Waals surface area contributed by atoms with Gasteiger partial charge in [-0.2, -0.15) is 0 Å². The van der Waals surface area contributed by atoms with Crippen molar-refractivity contribution in [3.8, 4) is 11.1 Å². The van der Waals surface area contributed by atoms with E-state index in [1.54, 1.807) is 0 Å². The maximum atomic E-state index is 5.86. The van der Waals surface area contributed by atoms with E-state index in [2.05, 4.69) is 12.1 Å². The van der Waals surface area contributed by atoms with Gasteiger partial charge in [-0.05, 0) is 41.8 Å². The molecule has 0 saturated carbocycles.